The quantitative estimate of drug-likeness (QED) is 0.619. The molecule has 110 valence electrons. The van der Waals surface area contributed by atoms with Gasteiger partial charge >= 0.3 is 0 Å². The van der Waals surface area contributed by atoms with Crippen molar-refractivity contribution in [1.29, 1.82) is 0 Å². The second-order valence-electron chi connectivity index (χ2n) is 5.39. The van der Waals surface area contributed by atoms with Crippen LogP contribution in [0.3, 0.4) is 0 Å². The van der Waals surface area contributed by atoms with Crippen LogP contribution in [-0.4, -0.2) is 29.6 Å². The molecular weight excluding hydrogens is 280 g/mol. The molecule has 21 heavy (non-hydrogen) atoms. The average Bonchev–Trinajstić information content (AvgIpc) is 3.00. The number of ketones is 1. The largest absolute Gasteiger partial charge is 0.493 e. The van der Waals surface area contributed by atoms with E-state index in [1.165, 1.54) is 24.3 Å². The fourth-order valence-corrected chi connectivity index (χ4v) is 5.16. The van der Waals surface area contributed by atoms with Crippen LogP contribution in [-0.2, 0) is 10.9 Å². The van der Waals surface area contributed by atoms with Crippen LogP contribution < -0.4 is 4.74 Å². The molecule has 0 amide bonds. The molecule has 3 rings (SSSR count). The molecule has 0 radical (unpaired) electrons. The molecule has 0 aliphatic carbocycles. The van der Waals surface area contributed by atoms with E-state index < -0.39 is 0 Å². The Hall–Kier alpha value is -1.48. The summed E-state index contributed by atoms with van der Waals surface area (Å²) in [4.78, 5) is 12.6. The minimum absolute atomic E-state index is 0.291. The Morgan fingerprint density at radius 1 is 1.10 bits per heavy atom. The van der Waals surface area contributed by atoms with Gasteiger partial charge in [0, 0.05) is 10.9 Å². The Bertz CT molecular complexity index is 645. The maximum atomic E-state index is 12.6. The SMILES string of the molecule is CCOc1ccc(C(=O)C[S+]2CCCC2)c2ccccc12. The van der Waals surface area contributed by atoms with Gasteiger partial charge < -0.3 is 4.74 Å². The highest BCUT2D eigenvalue weighted by Crippen LogP contribution is 2.29. The highest BCUT2D eigenvalue weighted by Gasteiger charge is 2.28. The van der Waals surface area contributed by atoms with E-state index >= 15 is 0 Å². The van der Waals surface area contributed by atoms with Crippen LogP contribution >= 0.6 is 0 Å². The molecule has 1 heterocycles. The van der Waals surface area contributed by atoms with Crippen molar-refractivity contribution >= 4 is 27.5 Å². The molecule has 0 atom stereocenters. The van der Waals surface area contributed by atoms with Crippen molar-refractivity contribution in [3.05, 3.63) is 42.0 Å². The Balaban J connectivity index is 1.94. The molecular formula is C18H21O2S+. The summed E-state index contributed by atoms with van der Waals surface area (Å²) in [6.45, 7) is 2.62. The maximum absolute atomic E-state index is 12.6. The second-order valence-corrected chi connectivity index (χ2v) is 7.72. The summed E-state index contributed by atoms with van der Waals surface area (Å²) in [7, 11) is 0.310. The molecule has 0 saturated carbocycles. The van der Waals surface area contributed by atoms with Crippen molar-refractivity contribution in [2.45, 2.75) is 19.8 Å². The van der Waals surface area contributed by atoms with Gasteiger partial charge in [-0.25, -0.2) is 0 Å². The minimum Gasteiger partial charge on any atom is -0.493 e. The van der Waals surface area contributed by atoms with Gasteiger partial charge in [-0.05, 0) is 48.2 Å². The third-order valence-electron chi connectivity index (χ3n) is 3.94. The molecule has 1 aliphatic heterocycles. The molecule has 2 nitrogen and oxygen atoms in total. The summed E-state index contributed by atoms with van der Waals surface area (Å²) in [5, 5.41) is 2.07. The van der Waals surface area contributed by atoms with Crippen LogP contribution in [0.1, 0.15) is 30.1 Å². The fourth-order valence-electron chi connectivity index (χ4n) is 2.92. The van der Waals surface area contributed by atoms with Gasteiger partial charge in [0.25, 0.3) is 0 Å². The molecule has 1 fully saturated rings. The predicted octanol–water partition coefficient (Wildman–Crippen LogP) is 3.83. The average molecular weight is 301 g/mol. The van der Waals surface area contributed by atoms with Gasteiger partial charge in [-0.2, -0.15) is 0 Å². The zero-order valence-corrected chi connectivity index (χ0v) is 13.2. The smallest absolute Gasteiger partial charge is 0.212 e. The molecule has 2 aromatic carbocycles. The number of carbonyl (C=O) groups is 1. The normalized spacial score (nSPS) is 15.5. The van der Waals surface area contributed by atoms with E-state index in [1.807, 2.05) is 43.3 Å². The lowest BCUT2D eigenvalue weighted by Gasteiger charge is -2.10. The number of hydrogen-bond donors (Lipinski definition) is 0. The van der Waals surface area contributed by atoms with Crippen LogP contribution in [0.5, 0.6) is 5.75 Å². The molecule has 0 unspecified atom stereocenters. The summed E-state index contributed by atoms with van der Waals surface area (Å²) in [6.07, 6.45) is 2.58. The zero-order chi connectivity index (χ0) is 14.7. The number of Topliss-reactive ketones (excluding diaryl/α,β-unsaturated/α-hetero) is 1. The van der Waals surface area contributed by atoms with E-state index in [0.29, 0.717) is 23.3 Å². The Morgan fingerprint density at radius 2 is 1.81 bits per heavy atom. The van der Waals surface area contributed by atoms with Crippen molar-refractivity contribution < 1.29 is 9.53 Å². The molecule has 0 spiro atoms. The van der Waals surface area contributed by atoms with Crippen LogP contribution in [0.2, 0.25) is 0 Å². The number of benzene rings is 2. The van der Waals surface area contributed by atoms with Crippen LogP contribution in [0.4, 0.5) is 0 Å². The first-order chi connectivity index (χ1) is 10.3. The molecule has 1 aliphatic rings. The minimum atomic E-state index is 0.291. The Labute approximate surface area is 128 Å². The number of carbonyl (C=O) groups excluding carboxylic acids is 1. The summed E-state index contributed by atoms with van der Waals surface area (Å²) in [5.74, 6) is 4.35. The lowest BCUT2D eigenvalue weighted by atomic mass is 10.0. The van der Waals surface area contributed by atoms with Gasteiger partial charge in [-0.15, -0.1) is 0 Å². The highest BCUT2D eigenvalue weighted by molar-refractivity contribution is 7.97. The van der Waals surface area contributed by atoms with Crippen LogP contribution in [0.25, 0.3) is 10.8 Å². The van der Waals surface area contributed by atoms with E-state index in [0.717, 1.165) is 27.8 Å². The lowest BCUT2D eigenvalue weighted by Crippen LogP contribution is -2.18. The molecule has 3 heteroatoms. The number of rotatable bonds is 5. The summed E-state index contributed by atoms with van der Waals surface area (Å²) < 4.78 is 5.68. The molecule has 0 aromatic heterocycles. The molecule has 1 saturated heterocycles. The van der Waals surface area contributed by atoms with E-state index in [9.17, 15) is 4.79 Å². The van der Waals surface area contributed by atoms with Crippen LogP contribution in [0, 0.1) is 0 Å². The van der Waals surface area contributed by atoms with E-state index in [4.69, 9.17) is 4.74 Å². The van der Waals surface area contributed by atoms with Gasteiger partial charge in [0.1, 0.15) is 17.3 Å². The summed E-state index contributed by atoms with van der Waals surface area (Å²) in [5.41, 5.74) is 0.855. The first-order valence-electron chi connectivity index (χ1n) is 7.61. The topological polar surface area (TPSA) is 26.3 Å². The molecule has 0 N–H and O–H groups in total. The summed E-state index contributed by atoms with van der Waals surface area (Å²) in [6, 6.07) is 11.9. The third kappa shape index (κ3) is 3.08. The highest BCUT2D eigenvalue weighted by atomic mass is 32.2. The Morgan fingerprint density at radius 3 is 2.52 bits per heavy atom. The van der Waals surface area contributed by atoms with Gasteiger partial charge in [-0.3, -0.25) is 4.79 Å². The first kappa shape index (κ1) is 14.5. The van der Waals surface area contributed by atoms with E-state index in [-0.39, 0.29) is 0 Å². The van der Waals surface area contributed by atoms with Gasteiger partial charge in [0.2, 0.25) is 5.78 Å². The maximum Gasteiger partial charge on any atom is 0.212 e. The lowest BCUT2D eigenvalue weighted by molar-refractivity contribution is 0.102. The first-order valence-corrected chi connectivity index (χ1v) is 9.34. The monoisotopic (exact) mass is 301 g/mol. The van der Waals surface area contributed by atoms with Crippen LogP contribution in [0.15, 0.2) is 36.4 Å². The third-order valence-corrected chi connectivity index (χ3v) is 6.34. The number of fused-ring (bicyclic) bond motifs is 1. The second kappa shape index (κ2) is 6.52. The number of ether oxygens (including phenoxy) is 1. The Kier molecular flexibility index (Phi) is 4.49. The molecule has 0 bridgehead atoms. The van der Waals surface area contributed by atoms with E-state index in [1.54, 1.807) is 0 Å². The standard InChI is InChI=1S/C18H21O2S/c1-2-20-18-10-9-15(14-7-3-4-8-16(14)18)17(19)13-21-11-5-6-12-21/h3-4,7-10H,2,5-6,11-13H2,1H3/q+1. The zero-order valence-electron chi connectivity index (χ0n) is 12.4. The van der Waals surface area contributed by atoms with Gasteiger partial charge in [0.15, 0.2) is 5.75 Å². The van der Waals surface area contributed by atoms with E-state index in [2.05, 4.69) is 0 Å². The van der Waals surface area contributed by atoms with Crippen molar-refractivity contribution in [2.75, 3.05) is 23.9 Å². The fraction of sp³-hybridized carbons (Fsp3) is 0.389. The summed E-state index contributed by atoms with van der Waals surface area (Å²) >= 11 is 0. The van der Waals surface area contributed by atoms with Crippen molar-refractivity contribution in [1.82, 2.24) is 0 Å². The predicted molar refractivity (Wildman–Crippen MR) is 90.6 cm³/mol. The van der Waals surface area contributed by atoms with Crippen molar-refractivity contribution in [3.8, 4) is 5.75 Å². The van der Waals surface area contributed by atoms with Gasteiger partial charge in [-0.1, -0.05) is 24.3 Å². The van der Waals surface area contributed by atoms with Crippen molar-refractivity contribution in [2.24, 2.45) is 0 Å². The van der Waals surface area contributed by atoms with Crippen molar-refractivity contribution in [3.63, 3.8) is 0 Å². The van der Waals surface area contributed by atoms with Gasteiger partial charge in [0.05, 0.1) is 6.61 Å². The number of hydrogen-bond acceptors (Lipinski definition) is 2. The molecule has 2 aromatic rings.